The van der Waals surface area contributed by atoms with Crippen LogP contribution in [0, 0.1) is 0 Å². The number of nitrogens with two attached hydrogens (primary N) is 1. The van der Waals surface area contributed by atoms with E-state index in [4.69, 9.17) is 20.1 Å². The highest BCUT2D eigenvalue weighted by Gasteiger charge is 2.40. The van der Waals surface area contributed by atoms with Gasteiger partial charge in [-0.15, -0.1) is 0 Å². The topological polar surface area (TPSA) is 276 Å². The van der Waals surface area contributed by atoms with Crippen LogP contribution in [0.15, 0.2) is 11.1 Å². The molecule has 1 fully saturated rings. The predicted molar refractivity (Wildman–Crippen MR) is 120 cm³/mol. The van der Waals surface area contributed by atoms with Gasteiger partial charge in [0.15, 0.2) is 11.2 Å². The minimum absolute atomic E-state index is 0.0283. The Labute approximate surface area is 210 Å². The molecule has 4 unspecified atom stereocenters. The Morgan fingerprint density at radius 2 is 2.03 bits per heavy atom. The molecule has 2 aromatic rings. The van der Waals surface area contributed by atoms with Crippen LogP contribution in [-0.4, -0.2) is 54.9 Å². The second-order valence-corrected chi connectivity index (χ2v) is 14.0. The van der Waals surface area contributed by atoms with Crippen LogP contribution >= 0.6 is 45.1 Å². The van der Waals surface area contributed by atoms with E-state index < -0.39 is 59.5 Å². The molecule has 1 aliphatic heterocycles. The number of aromatic nitrogens is 4. The lowest BCUT2D eigenvalue weighted by Gasteiger charge is -2.33. The molecule has 4 N–H and O–H groups in total. The van der Waals surface area contributed by atoms with E-state index in [1.807, 2.05) is 6.26 Å². The van der Waals surface area contributed by atoms with Gasteiger partial charge in [-0.3, -0.25) is 28.0 Å². The molecule has 18 nitrogen and oxygen atoms in total. The van der Waals surface area contributed by atoms with E-state index in [0.29, 0.717) is 0 Å². The number of phosphoric ester groups is 1. The molecule has 0 bridgehead atoms. The van der Waals surface area contributed by atoms with Gasteiger partial charge in [0.25, 0.3) is 29.0 Å². The Kier molecular flexibility index (Phi) is 9.51. The Morgan fingerprint density at radius 1 is 1.33 bits per heavy atom. The second-order valence-electron chi connectivity index (χ2n) is 6.97. The molecule has 0 aromatic carbocycles. The first-order valence-electron chi connectivity index (χ1n) is 9.55. The Bertz CT molecular complexity index is 1290. The van der Waals surface area contributed by atoms with Gasteiger partial charge in [0.1, 0.15) is 17.8 Å². The Hall–Kier alpha value is -0.820. The average molecular weight is 610 g/mol. The van der Waals surface area contributed by atoms with Crippen molar-refractivity contribution in [2.24, 2.45) is 0 Å². The molecule has 0 radical (unpaired) electrons. The molecule has 7 atom stereocenters. The standard InChI is InChI=1S/C13H22N5O13P3S2/c1-6(36-35-2)28-7-3-9(18-5-15-10-11(18)16-13(14)17-12(10)19)29-8(7)4-27-33(23,24)31-34(25,26)30-32(20,21)22/h5-9H,3-4H2,1-2H3,(H,23,24)(H,25,26)(H2,20,21,22)(H3,14,16,17,19)/p-3/t6-,7?,8-,9-/m1/s1. The van der Waals surface area contributed by atoms with Crippen molar-refractivity contribution in [3.8, 4) is 0 Å². The Morgan fingerprint density at radius 3 is 2.67 bits per heavy atom. The largest absolute Gasteiger partial charge is 0.756 e. The fourth-order valence-electron chi connectivity index (χ4n) is 3.17. The first kappa shape index (κ1) is 29.7. The number of H-pyrrole nitrogens is 1. The van der Waals surface area contributed by atoms with Crippen LogP contribution < -0.4 is 26.0 Å². The summed E-state index contributed by atoms with van der Waals surface area (Å²) in [6, 6.07) is 0. The van der Waals surface area contributed by atoms with Gasteiger partial charge < -0.3 is 39.3 Å². The van der Waals surface area contributed by atoms with Gasteiger partial charge in [-0.05, 0) is 13.2 Å². The van der Waals surface area contributed by atoms with Crippen molar-refractivity contribution in [3.63, 3.8) is 0 Å². The van der Waals surface area contributed by atoms with E-state index >= 15 is 0 Å². The highest BCUT2D eigenvalue weighted by molar-refractivity contribution is 8.76. The molecule has 0 aliphatic carbocycles. The number of hydrogen-bond acceptors (Lipinski definition) is 17. The number of ether oxygens (including phenoxy) is 2. The molecule has 0 spiro atoms. The zero-order valence-electron chi connectivity index (χ0n) is 18.2. The molecule has 3 heterocycles. The molecule has 2 aromatic heterocycles. The van der Waals surface area contributed by atoms with E-state index in [9.17, 15) is 33.2 Å². The predicted octanol–water partition coefficient (Wildman–Crippen LogP) is -0.821. The molecule has 204 valence electrons. The minimum atomic E-state index is -6.05. The summed E-state index contributed by atoms with van der Waals surface area (Å²) in [7, 11) is -14.9. The fraction of sp³-hybridized carbons (Fsp3) is 0.615. The third-order valence-corrected chi connectivity index (χ3v) is 10.00. The molecular weight excluding hydrogens is 591 g/mol. The lowest BCUT2D eigenvalue weighted by molar-refractivity contribution is -0.250. The average Bonchev–Trinajstić information content (AvgIpc) is 3.27. The Balaban J connectivity index is 1.78. The highest BCUT2D eigenvalue weighted by atomic mass is 33.1. The van der Waals surface area contributed by atoms with E-state index in [1.54, 1.807) is 6.92 Å². The maximum Gasteiger partial charge on any atom is 0.280 e. The summed E-state index contributed by atoms with van der Waals surface area (Å²) >= 11 is 0. The zero-order chi connectivity index (χ0) is 26.9. The minimum Gasteiger partial charge on any atom is -0.756 e. The van der Waals surface area contributed by atoms with Crippen molar-refractivity contribution < 1.29 is 55.9 Å². The number of fused-ring (bicyclic) bond motifs is 1. The van der Waals surface area contributed by atoms with Crippen molar-refractivity contribution in [1.29, 1.82) is 0 Å². The zero-order valence-corrected chi connectivity index (χ0v) is 22.5. The number of phosphoric acid groups is 3. The van der Waals surface area contributed by atoms with Gasteiger partial charge in [-0.25, -0.2) is 13.6 Å². The van der Waals surface area contributed by atoms with Crippen molar-refractivity contribution >= 4 is 62.2 Å². The summed E-state index contributed by atoms with van der Waals surface area (Å²) in [4.78, 5) is 64.8. The first-order chi connectivity index (χ1) is 16.6. The van der Waals surface area contributed by atoms with Crippen molar-refractivity contribution in [2.75, 3.05) is 18.6 Å². The molecule has 23 heteroatoms. The van der Waals surface area contributed by atoms with Crippen LogP contribution in [0.3, 0.4) is 0 Å². The number of aromatic amines is 1. The van der Waals surface area contributed by atoms with Crippen LogP contribution in [0.1, 0.15) is 19.6 Å². The number of nitrogens with one attached hydrogen (secondary N) is 1. The van der Waals surface area contributed by atoms with Gasteiger partial charge in [0.05, 0.1) is 19.0 Å². The first-order valence-corrected chi connectivity index (χ1v) is 16.6. The van der Waals surface area contributed by atoms with Crippen LogP contribution in [0.4, 0.5) is 5.95 Å². The summed E-state index contributed by atoms with van der Waals surface area (Å²) in [5.41, 5.74) is 4.67. The van der Waals surface area contributed by atoms with Crippen molar-refractivity contribution in [2.45, 2.75) is 37.2 Å². The smallest absolute Gasteiger partial charge is 0.280 e. The lowest BCUT2D eigenvalue weighted by atomic mass is 10.2. The third-order valence-electron chi connectivity index (χ3n) is 4.34. The number of rotatable bonds is 12. The summed E-state index contributed by atoms with van der Waals surface area (Å²) in [5.74, 6) is -0.177. The number of nitrogens with zero attached hydrogens (tertiary/aromatic N) is 3. The fourth-order valence-corrected chi connectivity index (χ4v) is 7.48. The molecule has 0 amide bonds. The normalized spacial score (nSPS) is 26.3. The summed E-state index contributed by atoms with van der Waals surface area (Å²) in [6.45, 7) is 0.902. The molecular formula is C13H19N5O13P3S2-3. The van der Waals surface area contributed by atoms with Gasteiger partial charge in [0, 0.05) is 6.42 Å². The monoisotopic (exact) mass is 610 g/mol. The van der Waals surface area contributed by atoms with Crippen molar-refractivity contribution in [1.82, 2.24) is 19.5 Å². The molecule has 36 heavy (non-hydrogen) atoms. The van der Waals surface area contributed by atoms with Crippen LogP contribution in [0.2, 0.25) is 0 Å². The second kappa shape index (κ2) is 11.5. The molecule has 3 rings (SSSR count). The van der Waals surface area contributed by atoms with E-state index in [2.05, 4.69) is 28.1 Å². The number of imidazole rings is 1. The van der Waals surface area contributed by atoms with Crippen LogP contribution in [0.25, 0.3) is 11.2 Å². The molecule has 1 saturated heterocycles. The number of anilines is 1. The number of hydrogen-bond donors (Lipinski definition) is 3. The summed E-state index contributed by atoms with van der Waals surface area (Å²) in [5, 5.41) is 0. The maximum absolute atomic E-state index is 12.1. The van der Waals surface area contributed by atoms with Crippen molar-refractivity contribution in [3.05, 3.63) is 16.7 Å². The SMILES string of the molecule is CSS[C@H](C)OC1C[C@H](n2cnc3c(=O)[nH]c(N)nc32)O[C@@H]1COP(=O)([O-])OP(=O)([O-])OP(=O)([O-])O. The summed E-state index contributed by atoms with van der Waals surface area (Å²) < 4.78 is 58.4. The summed E-state index contributed by atoms with van der Waals surface area (Å²) in [6.07, 6.45) is 0.361. The van der Waals surface area contributed by atoms with Gasteiger partial charge in [-0.2, -0.15) is 4.98 Å². The number of nitrogen functional groups attached to an aromatic ring is 1. The highest BCUT2D eigenvalue weighted by Crippen LogP contribution is 2.61. The van der Waals surface area contributed by atoms with E-state index in [0.717, 1.165) is 0 Å². The van der Waals surface area contributed by atoms with E-state index in [1.165, 1.54) is 32.5 Å². The van der Waals surface area contributed by atoms with Crippen LogP contribution in [-0.2, 0) is 36.3 Å². The van der Waals surface area contributed by atoms with Gasteiger partial charge in [-0.1, -0.05) is 21.6 Å². The van der Waals surface area contributed by atoms with E-state index in [-0.39, 0.29) is 23.5 Å². The van der Waals surface area contributed by atoms with Crippen LogP contribution in [0.5, 0.6) is 0 Å². The molecule has 0 saturated carbocycles. The lowest BCUT2D eigenvalue weighted by Crippen LogP contribution is -2.31. The maximum atomic E-state index is 12.1. The quantitative estimate of drug-likeness (QED) is 0.150. The molecule has 1 aliphatic rings. The van der Waals surface area contributed by atoms with Gasteiger partial charge in [0.2, 0.25) is 5.95 Å². The third kappa shape index (κ3) is 8.09. The van der Waals surface area contributed by atoms with Gasteiger partial charge >= 0.3 is 0 Å².